The lowest BCUT2D eigenvalue weighted by Crippen LogP contribution is -2.50. The average molecular weight is 461 g/mol. The standard InChI is InChI=1S/C22H33ClN8O/c1-13(2)30-19-20(25-11-16-17(23)8-5-9-18(16)24)26-22(29-10-6-7-15(29)12-32)27-21(19)31(28-30)14(3)4/h5,8-9,13-15,28,32H,6-7,10-12,24H2,1-4H3,(H,25,26,27)/t15-/m1/s1. The normalized spacial score (nSPS) is 18.2. The molecule has 9 nitrogen and oxygen atoms in total. The number of aliphatic hydroxyl groups is 1. The monoisotopic (exact) mass is 460 g/mol. The van der Waals surface area contributed by atoms with Gasteiger partial charge < -0.3 is 21.1 Å². The van der Waals surface area contributed by atoms with Crippen molar-refractivity contribution in [3.05, 3.63) is 28.8 Å². The minimum Gasteiger partial charge on any atom is -0.398 e. The summed E-state index contributed by atoms with van der Waals surface area (Å²) in [6, 6.07) is 5.91. The van der Waals surface area contributed by atoms with Crippen molar-refractivity contribution < 1.29 is 5.11 Å². The number of aliphatic hydroxyl groups excluding tert-OH is 1. The van der Waals surface area contributed by atoms with Crippen molar-refractivity contribution in [2.24, 2.45) is 0 Å². The minimum absolute atomic E-state index is 0.0307. The molecule has 1 atom stereocenters. The predicted octanol–water partition coefficient (Wildman–Crippen LogP) is 3.15. The highest BCUT2D eigenvalue weighted by molar-refractivity contribution is 6.31. The number of benzene rings is 1. The van der Waals surface area contributed by atoms with Crippen LogP contribution >= 0.6 is 11.6 Å². The van der Waals surface area contributed by atoms with Gasteiger partial charge in [-0.15, -0.1) is 5.53 Å². The van der Waals surface area contributed by atoms with E-state index in [1.54, 1.807) is 0 Å². The van der Waals surface area contributed by atoms with Gasteiger partial charge in [-0.2, -0.15) is 9.97 Å². The topological polar surface area (TPSA) is 106 Å². The molecule has 2 aromatic rings. The van der Waals surface area contributed by atoms with Crippen LogP contribution in [0.2, 0.25) is 5.02 Å². The second-order valence-electron chi connectivity index (χ2n) is 8.91. The number of hydrazine groups is 2. The summed E-state index contributed by atoms with van der Waals surface area (Å²) in [4.78, 5) is 12.0. The zero-order chi connectivity index (χ0) is 23.0. The number of nitrogens with zero attached hydrogens (tertiary/aromatic N) is 5. The molecule has 1 aromatic carbocycles. The summed E-state index contributed by atoms with van der Waals surface area (Å²) in [5, 5.41) is 18.1. The summed E-state index contributed by atoms with van der Waals surface area (Å²) < 4.78 is 0. The Balaban J connectivity index is 1.78. The molecule has 0 bridgehead atoms. The van der Waals surface area contributed by atoms with Gasteiger partial charge in [0.05, 0.1) is 12.6 Å². The lowest BCUT2D eigenvalue weighted by Gasteiger charge is -2.27. The van der Waals surface area contributed by atoms with E-state index in [0.29, 0.717) is 29.0 Å². The number of nitrogens with one attached hydrogen (secondary N) is 2. The first-order valence-corrected chi connectivity index (χ1v) is 11.6. The molecule has 5 N–H and O–H groups in total. The van der Waals surface area contributed by atoms with E-state index in [1.807, 2.05) is 18.2 Å². The van der Waals surface area contributed by atoms with Crippen LogP contribution in [0.3, 0.4) is 0 Å². The smallest absolute Gasteiger partial charge is 0.229 e. The van der Waals surface area contributed by atoms with Gasteiger partial charge in [-0.25, -0.2) is 0 Å². The number of halogens is 1. The first kappa shape index (κ1) is 22.7. The van der Waals surface area contributed by atoms with Crippen LogP contribution in [0, 0.1) is 0 Å². The Morgan fingerprint density at radius 2 is 1.97 bits per heavy atom. The number of nitrogen functional groups attached to an aromatic ring is 1. The number of aromatic nitrogens is 2. The van der Waals surface area contributed by atoms with Crippen LogP contribution in [-0.4, -0.2) is 46.4 Å². The van der Waals surface area contributed by atoms with E-state index in [9.17, 15) is 5.11 Å². The summed E-state index contributed by atoms with van der Waals surface area (Å²) >= 11 is 6.41. The van der Waals surface area contributed by atoms with Crippen LogP contribution in [0.15, 0.2) is 18.2 Å². The van der Waals surface area contributed by atoms with E-state index in [4.69, 9.17) is 27.3 Å². The van der Waals surface area contributed by atoms with Crippen molar-refractivity contribution in [3.8, 4) is 0 Å². The first-order chi connectivity index (χ1) is 15.3. The van der Waals surface area contributed by atoms with Gasteiger partial charge >= 0.3 is 0 Å². The molecule has 0 radical (unpaired) electrons. The van der Waals surface area contributed by atoms with E-state index in [1.165, 1.54) is 0 Å². The molecular weight excluding hydrogens is 428 g/mol. The maximum Gasteiger partial charge on any atom is 0.229 e. The SMILES string of the molecule is CC(C)N1NN(C(C)C)c2c(NCc3c(N)cccc3Cl)nc(N3CCC[C@@H]3CO)nc21. The van der Waals surface area contributed by atoms with Gasteiger partial charge in [0.1, 0.15) is 5.69 Å². The van der Waals surface area contributed by atoms with Crippen molar-refractivity contribution in [3.63, 3.8) is 0 Å². The summed E-state index contributed by atoms with van der Waals surface area (Å²) in [6.45, 7) is 9.82. The van der Waals surface area contributed by atoms with Crippen molar-refractivity contribution >= 4 is 40.6 Å². The Morgan fingerprint density at radius 3 is 2.62 bits per heavy atom. The average Bonchev–Trinajstić information content (AvgIpc) is 3.38. The Bertz CT molecular complexity index is 949. The Kier molecular flexibility index (Phi) is 6.50. The number of anilines is 5. The van der Waals surface area contributed by atoms with E-state index in [0.717, 1.165) is 36.5 Å². The highest BCUT2D eigenvalue weighted by Crippen LogP contribution is 2.41. The molecule has 3 heterocycles. The second kappa shape index (κ2) is 9.17. The molecule has 2 aliphatic rings. The maximum absolute atomic E-state index is 9.86. The zero-order valence-corrected chi connectivity index (χ0v) is 19.9. The Morgan fingerprint density at radius 1 is 1.22 bits per heavy atom. The third-order valence-corrected chi connectivity index (χ3v) is 6.36. The fourth-order valence-electron chi connectivity index (χ4n) is 4.24. The molecule has 4 rings (SSSR count). The molecular formula is C22H33ClN8O. The maximum atomic E-state index is 9.86. The molecule has 0 unspecified atom stereocenters. The van der Waals surface area contributed by atoms with Crippen LogP contribution in [0.1, 0.15) is 46.1 Å². The molecule has 32 heavy (non-hydrogen) atoms. The van der Waals surface area contributed by atoms with Crippen LogP contribution in [0.5, 0.6) is 0 Å². The van der Waals surface area contributed by atoms with Crippen molar-refractivity contribution in [1.82, 2.24) is 15.5 Å². The number of fused-ring (bicyclic) bond motifs is 1. The zero-order valence-electron chi connectivity index (χ0n) is 19.1. The molecule has 0 spiro atoms. The van der Waals surface area contributed by atoms with Crippen LogP contribution in [-0.2, 0) is 6.54 Å². The summed E-state index contributed by atoms with van der Waals surface area (Å²) in [5.41, 5.74) is 12.0. The van der Waals surface area contributed by atoms with Gasteiger partial charge in [-0.1, -0.05) is 17.7 Å². The van der Waals surface area contributed by atoms with E-state index < -0.39 is 0 Å². The summed E-state index contributed by atoms with van der Waals surface area (Å²) in [5.74, 6) is 2.14. The lowest BCUT2D eigenvalue weighted by atomic mass is 10.2. The molecule has 1 aromatic heterocycles. The van der Waals surface area contributed by atoms with E-state index in [-0.39, 0.29) is 24.7 Å². The van der Waals surface area contributed by atoms with Gasteiger partial charge in [0, 0.05) is 41.4 Å². The molecule has 174 valence electrons. The van der Waals surface area contributed by atoms with Crippen LogP contribution < -0.4 is 31.5 Å². The Hall–Kier alpha value is -2.49. The quantitative estimate of drug-likeness (QED) is 0.463. The van der Waals surface area contributed by atoms with Gasteiger partial charge in [0.15, 0.2) is 11.6 Å². The molecule has 0 aliphatic carbocycles. The number of nitrogens with two attached hydrogens (primary N) is 1. The van der Waals surface area contributed by atoms with Gasteiger partial charge in [-0.3, -0.25) is 10.0 Å². The summed E-state index contributed by atoms with van der Waals surface area (Å²) in [6.07, 6.45) is 1.94. The largest absolute Gasteiger partial charge is 0.398 e. The molecule has 10 heteroatoms. The molecule has 1 saturated heterocycles. The highest BCUT2D eigenvalue weighted by Gasteiger charge is 2.36. The first-order valence-electron chi connectivity index (χ1n) is 11.2. The Labute approximate surface area is 194 Å². The minimum atomic E-state index is 0.0307. The molecule has 1 fully saturated rings. The van der Waals surface area contributed by atoms with E-state index >= 15 is 0 Å². The number of hydrogen-bond acceptors (Lipinski definition) is 9. The molecule has 0 amide bonds. The third-order valence-electron chi connectivity index (χ3n) is 6.00. The molecule has 0 saturated carbocycles. The van der Waals surface area contributed by atoms with E-state index in [2.05, 4.69) is 53.5 Å². The highest BCUT2D eigenvalue weighted by atomic mass is 35.5. The fourth-order valence-corrected chi connectivity index (χ4v) is 4.49. The van der Waals surface area contributed by atoms with Crippen molar-refractivity contribution in [1.29, 1.82) is 0 Å². The summed E-state index contributed by atoms with van der Waals surface area (Å²) in [7, 11) is 0. The number of hydrogen-bond donors (Lipinski definition) is 4. The van der Waals surface area contributed by atoms with Crippen molar-refractivity contribution in [2.45, 2.75) is 65.2 Å². The fraction of sp³-hybridized carbons (Fsp3) is 0.545. The predicted molar refractivity (Wildman–Crippen MR) is 131 cm³/mol. The van der Waals surface area contributed by atoms with Crippen LogP contribution in [0.4, 0.5) is 29.0 Å². The van der Waals surface area contributed by atoms with Gasteiger partial charge in [-0.05, 0) is 52.7 Å². The van der Waals surface area contributed by atoms with Crippen LogP contribution in [0.25, 0.3) is 0 Å². The third kappa shape index (κ3) is 4.12. The van der Waals surface area contributed by atoms with Gasteiger partial charge in [0.25, 0.3) is 0 Å². The lowest BCUT2D eigenvalue weighted by molar-refractivity contribution is 0.265. The molecule has 2 aliphatic heterocycles. The van der Waals surface area contributed by atoms with Gasteiger partial charge in [0.2, 0.25) is 5.95 Å². The van der Waals surface area contributed by atoms with Crippen molar-refractivity contribution in [2.75, 3.05) is 39.1 Å². The second-order valence-corrected chi connectivity index (χ2v) is 9.31. The number of rotatable bonds is 7.